The largest absolute Gasteiger partial charge is 0.369 e. The summed E-state index contributed by atoms with van der Waals surface area (Å²) in [6.07, 6.45) is 0.743. The molecule has 0 heterocycles. The molecular formula is C26H26NO+. The smallest absolute Gasteiger partial charge is 0.178 e. The van der Waals surface area contributed by atoms with E-state index in [1.54, 1.807) is 0 Å². The van der Waals surface area contributed by atoms with Crippen molar-refractivity contribution in [2.45, 2.75) is 18.6 Å². The summed E-state index contributed by atoms with van der Waals surface area (Å²) in [5, 5.41) is 11.5. The summed E-state index contributed by atoms with van der Waals surface area (Å²) in [6.45, 7) is 1.90. The molecule has 0 radical (unpaired) electrons. The Labute approximate surface area is 167 Å². The van der Waals surface area contributed by atoms with E-state index in [0.717, 1.165) is 46.2 Å². The molecule has 1 aliphatic carbocycles. The van der Waals surface area contributed by atoms with Crippen LogP contribution in [0.1, 0.15) is 23.1 Å². The molecule has 140 valence electrons. The number of hydrogen-bond acceptors (Lipinski definition) is 1. The van der Waals surface area contributed by atoms with Crippen LogP contribution in [0, 0.1) is 11.8 Å². The number of hydrogen-bond donors (Lipinski definition) is 1. The summed E-state index contributed by atoms with van der Waals surface area (Å²) in [7, 11) is 4.45. The predicted octanol–water partition coefficient (Wildman–Crippen LogP) is 4.57. The third-order valence-electron chi connectivity index (χ3n) is 5.49. The second kappa shape index (κ2) is 7.28. The Balaban J connectivity index is 1.53. The van der Waals surface area contributed by atoms with E-state index in [1.807, 2.05) is 42.5 Å². The van der Waals surface area contributed by atoms with Gasteiger partial charge in [0, 0.05) is 16.7 Å². The highest BCUT2D eigenvalue weighted by atomic mass is 16.3. The maximum Gasteiger partial charge on any atom is 0.178 e. The first-order valence-electron chi connectivity index (χ1n) is 9.77. The molecule has 0 atom stereocenters. The zero-order chi connectivity index (χ0) is 19.6. The summed E-state index contributed by atoms with van der Waals surface area (Å²) >= 11 is 0. The van der Waals surface area contributed by atoms with E-state index in [-0.39, 0.29) is 0 Å². The Kier molecular flexibility index (Phi) is 4.81. The lowest BCUT2D eigenvalue weighted by atomic mass is 9.92. The van der Waals surface area contributed by atoms with Gasteiger partial charge in [-0.3, -0.25) is 0 Å². The van der Waals surface area contributed by atoms with E-state index in [0.29, 0.717) is 0 Å². The molecule has 3 aromatic carbocycles. The van der Waals surface area contributed by atoms with Crippen molar-refractivity contribution in [2.75, 3.05) is 20.6 Å². The van der Waals surface area contributed by atoms with Gasteiger partial charge in [0.25, 0.3) is 0 Å². The molecule has 28 heavy (non-hydrogen) atoms. The minimum Gasteiger partial charge on any atom is -0.369 e. The van der Waals surface area contributed by atoms with Crippen molar-refractivity contribution < 1.29 is 9.59 Å². The normalized spacial score (nSPS) is 14.0. The van der Waals surface area contributed by atoms with Crippen molar-refractivity contribution in [3.05, 3.63) is 95.6 Å². The van der Waals surface area contributed by atoms with Gasteiger partial charge in [0.1, 0.15) is 6.54 Å². The SMILES string of the molecule is C[N+](C)(CCC#CC1(O)c2ccccc2-c2ccccc21)Cc1ccccc1. The molecule has 0 saturated carbocycles. The minimum atomic E-state index is -1.22. The van der Waals surface area contributed by atoms with Crippen molar-refractivity contribution in [3.63, 3.8) is 0 Å². The van der Waals surface area contributed by atoms with Crippen LogP contribution in [0.5, 0.6) is 0 Å². The molecule has 0 unspecified atom stereocenters. The van der Waals surface area contributed by atoms with Gasteiger partial charge in [-0.05, 0) is 11.1 Å². The van der Waals surface area contributed by atoms with Crippen LogP contribution in [0.3, 0.4) is 0 Å². The van der Waals surface area contributed by atoms with Crippen molar-refractivity contribution in [1.82, 2.24) is 0 Å². The molecule has 1 aliphatic rings. The summed E-state index contributed by atoms with van der Waals surface area (Å²) in [6, 6.07) is 26.6. The molecule has 0 aromatic heterocycles. The average molecular weight is 369 g/mol. The molecule has 0 bridgehead atoms. The van der Waals surface area contributed by atoms with Crippen molar-refractivity contribution in [3.8, 4) is 23.0 Å². The predicted molar refractivity (Wildman–Crippen MR) is 114 cm³/mol. The number of aliphatic hydroxyl groups is 1. The van der Waals surface area contributed by atoms with Gasteiger partial charge < -0.3 is 9.59 Å². The maximum atomic E-state index is 11.5. The zero-order valence-electron chi connectivity index (χ0n) is 16.5. The fourth-order valence-corrected chi connectivity index (χ4v) is 4.05. The maximum absolute atomic E-state index is 11.5. The van der Waals surface area contributed by atoms with Gasteiger partial charge in [0.15, 0.2) is 5.60 Å². The van der Waals surface area contributed by atoms with E-state index in [4.69, 9.17) is 0 Å². The summed E-state index contributed by atoms with van der Waals surface area (Å²) in [5.74, 6) is 6.48. The number of benzene rings is 3. The van der Waals surface area contributed by atoms with Crippen LogP contribution in [0.4, 0.5) is 0 Å². The lowest BCUT2D eigenvalue weighted by Gasteiger charge is -2.29. The lowest BCUT2D eigenvalue weighted by Crippen LogP contribution is -2.39. The Morgan fingerprint density at radius 1 is 0.786 bits per heavy atom. The van der Waals surface area contributed by atoms with Crippen molar-refractivity contribution in [1.29, 1.82) is 0 Å². The third-order valence-corrected chi connectivity index (χ3v) is 5.49. The Bertz CT molecular complexity index is 995. The monoisotopic (exact) mass is 368 g/mol. The molecule has 0 aliphatic heterocycles. The molecule has 2 heteroatoms. The highest BCUT2D eigenvalue weighted by Gasteiger charge is 2.39. The second-order valence-electron chi connectivity index (χ2n) is 8.16. The molecule has 0 amide bonds. The van der Waals surface area contributed by atoms with Gasteiger partial charge in [0.05, 0.1) is 27.1 Å². The highest BCUT2D eigenvalue weighted by molar-refractivity contribution is 5.81. The third kappa shape index (κ3) is 3.47. The van der Waals surface area contributed by atoms with E-state index in [1.165, 1.54) is 5.56 Å². The Morgan fingerprint density at radius 2 is 1.32 bits per heavy atom. The highest BCUT2D eigenvalue weighted by Crippen LogP contribution is 2.46. The number of quaternary nitrogens is 1. The number of rotatable bonds is 4. The second-order valence-corrected chi connectivity index (χ2v) is 8.16. The van der Waals surface area contributed by atoms with Gasteiger partial charge in [0.2, 0.25) is 0 Å². The molecule has 2 nitrogen and oxygen atoms in total. The molecule has 0 fully saturated rings. The fourth-order valence-electron chi connectivity index (χ4n) is 4.05. The standard InChI is InChI=1S/C26H26NO/c1-27(2,20-21-12-4-3-5-13-21)19-11-10-18-26(28)24-16-8-6-14-22(24)23-15-7-9-17-25(23)26/h3-9,12-17,28H,11,19-20H2,1-2H3/q+1. The summed E-state index contributed by atoms with van der Waals surface area (Å²) < 4.78 is 0.865. The quantitative estimate of drug-likeness (QED) is 0.528. The lowest BCUT2D eigenvalue weighted by molar-refractivity contribution is -0.903. The van der Waals surface area contributed by atoms with Crippen LogP contribution in [0.25, 0.3) is 11.1 Å². The van der Waals surface area contributed by atoms with E-state index >= 15 is 0 Å². The topological polar surface area (TPSA) is 20.2 Å². The Morgan fingerprint density at radius 3 is 1.93 bits per heavy atom. The molecule has 0 spiro atoms. The minimum absolute atomic E-state index is 0.743. The van der Waals surface area contributed by atoms with Crippen LogP contribution >= 0.6 is 0 Å². The fraction of sp³-hybridized carbons (Fsp3) is 0.231. The van der Waals surface area contributed by atoms with Gasteiger partial charge in [-0.2, -0.15) is 0 Å². The first-order valence-corrected chi connectivity index (χ1v) is 9.77. The van der Waals surface area contributed by atoms with Gasteiger partial charge in [-0.1, -0.05) is 90.7 Å². The average Bonchev–Trinajstić information content (AvgIpc) is 2.96. The van der Waals surface area contributed by atoms with Crippen LogP contribution < -0.4 is 0 Å². The number of nitrogens with zero attached hydrogens (tertiary/aromatic N) is 1. The van der Waals surface area contributed by atoms with Gasteiger partial charge in [-0.15, -0.1) is 0 Å². The summed E-state index contributed by atoms with van der Waals surface area (Å²) in [4.78, 5) is 0. The Hall–Kier alpha value is -2.86. The van der Waals surface area contributed by atoms with Crippen LogP contribution in [-0.4, -0.2) is 30.2 Å². The molecule has 3 aromatic rings. The van der Waals surface area contributed by atoms with Crippen molar-refractivity contribution >= 4 is 0 Å². The first-order chi connectivity index (χ1) is 13.5. The van der Waals surface area contributed by atoms with E-state index in [9.17, 15) is 5.11 Å². The van der Waals surface area contributed by atoms with Gasteiger partial charge >= 0.3 is 0 Å². The first kappa shape index (κ1) is 18.5. The molecular weight excluding hydrogens is 342 g/mol. The molecule has 4 rings (SSSR count). The summed E-state index contributed by atoms with van der Waals surface area (Å²) in [5.41, 5.74) is 4.05. The molecule has 0 saturated heterocycles. The van der Waals surface area contributed by atoms with Crippen LogP contribution in [0.2, 0.25) is 0 Å². The van der Waals surface area contributed by atoms with Crippen LogP contribution in [0.15, 0.2) is 78.9 Å². The zero-order valence-corrected chi connectivity index (χ0v) is 16.5. The van der Waals surface area contributed by atoms with Gasteiger partial charge in [-0.25, -0.2) is 0 Å². The van der Waals surface area contributed by atoms with E-state index < -0.39 is 5.60 Å². The van der Waals surface area contributed by atoms with E-state index in [2.05, 4.69) is 62.3 Å². The molecule has 1 N–H and O–H groups in total. The van der Waals surface area contributed by atoms with Crippen molar-refractivity contribution in [2.24, 2.45) is 0 Å². The van der Waals surface area contributed by atoms with Crippen LogP contribution in [-0.2, 0) is 12.1 Å². The number of fused-ring (bicyclic) bond motifs is 3.